The molecule has 6 nitrogen and oxygen atoms in total. The summed E-state index contributed by atoms with van der Waals surface area (Å²) in [5, 5.41) is 2.88. The average Bonchev–Trinajstić information content (AvgIpc) is 3.28. The summed E-state index contributed by atoms with van der Waals surface area (Å²) in [6.07, 6.45) is 0.614. The molecule has 1 amide bonds. The Bertz CT molecular complexity index is 1130. The molecule has 0 bridgehead atoms. The predicted molar refractivity (Wildman–Crippen MR) is 124 cm³/mol. The second kappa shape index (κ2) is 9.83. The van der Waals surface area contributed by atoms with E-state index in [0.717, 1.165) is 16.8 Å². The fourth-order valence-electron chi connectivity index (χ4n) is 3.41. The summed E-state index contributed by atoms with van der Waals surface area (Å²) in [7, 11) is 3.13. The number of nitrogens with zero attached hydrogens (tertiary/aromatic N) is 1. The minimum atomic E-state index is -0.141. The normalized spacial score (nSPS) is 10.6. The van der Waals surface area contributed by atoms with Gasteiger partial charge in [0.1, 0.15) is 5.69 Å². The third kappa shape index (κ3) is 4.81. The van der Waals surface area contributed by atoms with E-state index < -0.39 is 0 Å². The molecule has 1 aromatic heterocycles. The maximum atomic E-state index is 12.5. The Kier molecular flexibility index (Phi) is 6.51. The Hall–Kier alpha value is -4.06. The summed E-state index contributed by atoms with van der Waals surface area (Å²) in [5.74, 6) is 2.24. The van der Waals surface area contributed by atoms with E-state index in [1.54, 1.807) is 32.4 Å². The van der Waals surface area contributed by atoms with Crippen molar-refractivity contribution in [3.05, 3.63) is 84.8 Å². The highest BCUT2D eigenvalue weighted by molar-refractivity contribution is 5.91. The molecule has 0 fully saturated rings. The van der Waals surface area contributed by atoms with Gasteiger partial charge < -0.3 is 19.2 Å². The lowest BCUT2D eigenvalue weighted by Gasteiger charge is -2.10. The van der Waals surface area contributed by atoms with Gasteiger partial charge in [-0.15, -0.1) is 0 Å². The van der Waals surface area contributed by atoms with Gasteiger partial charge in [-0.05, 0) is 12.1 Å². The Morgan fingerprint density at radius 3 is 2.19 bits per heavy atom. The molecule has 4 aromatic rings. The fraction of sp³-hybridized carbons (Fsp3) is 0.154. The second-order valence-electron chi connectivity index (χ2n) is 7.14. The number of rotatable bonds is 8. The highest BCUT2D eigenvalue weighted by Gasteiger charge is 2.17. The number of carbonyl (C=O) groups is 1. The van der Waals surface area contributed by atoms with Crippen molar-refractivity contribution in [2.24, 2.45) is 0 Å². The van der Waals surface area contributed by atoms with E-state index in [0.29, 0.717) is 35.3 Å². The largest absolute Gasteiger partial charge is 0.493 e. The molecule has 0 aliphatic carbocycles. The first-order valence-electron chi connectivity index (χ1n) is 10.3. The van der Waals surface area contributed by atoms with Crippen LogP contribution in [0.5, 0.6) is 11.5 Å². The van der Waals surface area contributed by atoms with Gasteiger partial charge in [0, 0.05) is 35.7 Å². The molecule has 0 atom stereocenters. The van der Waals surface area contributed by atoms with Gasteiger partial charge in [-0.3, -0.25) is 4.79 Å². The highest BCUT2D eigenvalue weighted by Crippen LogP contribution is 2.33. The zero-order valence-electron chi connectivity index (χ0n) is 18.0. The van der Waals surface area contributed by atoms with E-state index in [-0.39, 0.29) is 12.3 Å². The first kappa shape index (κ1) is 21.2. The van der Waals surface area contributed by atoms with Crippen molar-refractivity contribution in [3.8, 4) is 34.1 Å². The van der Waals surface area contributed by atoms with Gasteiger partial charge in [0.2, 0.25) is 5.91 Å². The lowest BCUT2D eigenvalue weighted by Crippen LogP contribution is -2.12. The van der Waals surface area contributed by atoms with Crippen molar-refractivity contribution in [1.29, 1.82) is 0 Å². The summed E-state index contributed by atoms with van der Waals surface area (Å²) in [5.41, 5.74) is 3.32. The molecule has 1 heterocycles. The van der Waals surface area contributed by atoms with Gasteiger partial charge in [-0.25, -0.2) is 4.98 Å². The molecule has 32 heavy (non-hydrogen) atoms. The third-order valence-electron chi connectivity index (χ3n) is 4.99. The Labute approximate surface area is 186 Å². The van der Waals surface area contributed by atoms with Crippen molar-refractivity contribution in [2.45, 2.75) is 12.8 Å². The smallest absolute Gasteiger partial charge is 0.224 e. The van der Waals surface area contributed by atoms with Crippen molar-refractivity contribution < 1.29 is 18.7 Å². The van der Waals surface area contributed by atoms with E-state index in [1.165, 1.54) is 0 Å². The summed E-state index contributed by atoms with van der Waals surface area (Å²) in [6.45, 7) is 0. The Balaban J connectivity index is 1.50. The third-order valence-corrected chi connectivity index (χ3v) is 4.99. The van der Waals surface area contributed by atoms with Crippen LogP contribution in [0.2, 0.25) is 0 Å². The number of hydrogen-bond donors (Lipinski definition) is 1. The number of hydrogen-bond acceptors (Lipinski definition) is 5. The Morgan fingerprint density at radius 2 is 1.53 bits per heavy atom. The molecular weight excluding hydrogens is 404 g/mol. The van der Waals surface area contributed by atoms with Crippen molar-refractivity contribution >= 4 is 11.6 Å². The number of anilines is 1. The number of ether oxygens (including phenoxy) is 2. The molecule has 0 radical (unpaired) electrons. The zero-order valence-corrected chi connectivity index (χ0v) is 18.0. The van der Waals surface area contributed by atoms with E-state index in [2.05, 4.69) is 5.32 Å². The van der Waals surface area contributed by atoms with Crippen LogP contribution in [0.15, 0.2) is 83.3 Å². The van der Waals surface area contributed by atoms with Crippen LogP contribution in [0.25, 0.3) is 22.6 Å². The Morgan fingerprint density at radius 1 is 0.875 bits per heavy atom. The molecule has 4 rings (SSSR count). The predicted octanol–water partition coefficient (Wildman–Crippen LogP) is 5.60. The molecule has 0 saturated carbocycles. The van der Waals surface area contributed by atoms with Gasteiger partial charge in [-0.1, -0.05) is 60.7 Å². The molecular formula is C26H24N2O4. The minimum Gasteiger partial charge on any atom is -0.493 e. The van der Waals surface area contributed by atoms with E-state index >= 15 is 0 Å². The van der Waals surface area contributed by atoms with Gasteiger partial charge in [-0.2, -0.15) is 0 Å². The summed E-state index contributed by atoms with van der Waals surface area (Å²) in [4.78, 5) is 17.2. The first-order chi connectivity index (χ1) is 15.7. The van der Waals surface area contributed by atoms with Crippen LogP contribution in [-0.2, 0) is 11.2 Å². The number of benzene rings is 3. The standard InChI is InChI=1S/C26H24N2O4/c1-30-21-14-13-20(17-22(21)31-2)27-23(29)15-16-24-28-25(18-9-5-3-6-10-18)26(32-24)19-11-7-4-8-12-19/h3-14,17H,15-16H2,1-2H3,(H,27,29). The lowest BCUT2D eigenvalue weighted by atomic mass is 10.1. The molecule has 1 N–H and O–H groups in total. The maximum absolute atomic E-state index is 12.5. The van der Waals surface area contributed by atoms with Crippen LogP contribution in [0.4, 0.5) is 5.69 Å². The van der Waals surface area contributed by atoms with Gasteiger partial charge >= 0.3 is 0 Å². The van der Waals surface area contributed by atoms with Crippen LogP contribution in [-0.4, -0.2) is 25.1 Å². The molecule has 3 aromatic carbocycles. The van der Waals surface area contributed by atoms with E-state index in [9.17, 15) is 4.79 Å². The molecule has 0 saturated heterocycles. The van der Waals surface area contributed by atoms with Gasteiger partial charge in [0.15, 0.2) is 23.1 Å². The van der Waals surface area contributed by atoms with Crippen LogP contribution in [0.3, 0.4) is 0 Å². The zero-order chi connectivity index (χ0) is 22.3. The van der Waals surface area contributed by atoms with Crippen LogP contribution < -0.4 is 14.8 Å². The molecule has 0 spiro atoms. The number of oxazole rings is 1. The number of amides is 1. The van der Waals surface area contributed by atoms with Crippen LogP contribution in [0.1, 0.15) is 12.3 Å². The summed E-state index contributed by atoms with van der Waals surface area (Å²) < 4.78 is 16.6. The summed E-state index contributed by atoms with van der Waals surface area (Å²) >= 11 is 0. The fourth-order valence-corrected chi connectivity index (χ4v) is 3.41. The van der Waals surface area contributed by atoms with Crippen molar-refractivity contribution in [1.82, 2.24) is 4.98 Å². The van der Waals surface area contributed by atoms with E-state index in [4.69, 9.17) is 18.9 Å². The first-order valence-corrected chi connectivity index (χ1v) is 10.3. The molecule has 0 aliphatic heterocycles. The number of aromatic nitrogens is 1. The van der Waals surface area contributed by atoms with Crippen molar-refractivity contribution in [2.75, 3.05) is 19.5 Å². The second-order valence-corrected chi connectivity index (χ2v) is 7.14. The van der Waals surface area contributed by atoms with Gasteiger partial charge in [0.25, 0.3) is 0 Å². The van der Waals surface area contributed by atoms with Crippen LogP contribution >= 0.6 is 0 Å². The number of aryl methyl sites for hydroxylation is 1. The topological polar surface area (TPSA) is 73.6 Å². The SMILES string of the molecule is COc1ccc(NC(=O)CCc2nc(-c3ccccc3)c(-c3ccccc3)o2)cc1OC. The number of methoxy groups -OCH3 is 2. The molecule has 0 unspecified atom stereocenters. The molecule has 162 valence electrons. The summed E-state index contributed by atoms with van der Waals surface area (Å²) in [6, 6.07) is 25.0. The van der Waals surface area contributed by atoms with Crippen LogP contribution in [0, 0.1) is 0 Å². The number of nitrogens with one attached hydrogen (secondary N) is 1. The number of carbonyl (C=O) groups excluding carboxylic acids is 1. The monoisotopic (exact) mass is 428 g/mol. The lowest BCUT2D eigenvalue weighted by molar-refractivity contribution is -0.116. The average molecular weight is 428 g/mol. The van der Waals surface area contributed by atoms with Crippen molar-refractivity contribution in [3.63, 3.8) is 0 Å². The highest BCUT2D eigenvalue weighted by atomic mass is 16.5. The van der Waals surface area contributed by atoms with Gasteiger partial charge in [0.05, 0.1) is 14.2 Å². The minimum absolute atomic E-state index is 0.141. The molecule has 0 aliphatic rings. The quantitative estimate of drug-likeness (QED) is 0.396. The maximum Gasteiger partial charge on any atom is 0.224 e. The van der Waals surface area contributed by atoms with E-state index in [1.807, 2.05) is 60.7 Å². The molecule has 6 heteroatoms.